The van der Waals surface area contributed by atoms with Crippen LogP contribution in [0.3, 0.4) is 0 Å². The molecule has 9 aromatic rings. The van der Waals surface area contributed by atoms with Crippen LogP contribution in [0, 0.1) is 18.8 Å². The van der Waals surface area contributed by atoms with Gasteiger partial charge in [-0.15, -0.1) is 42.7 Å². The third-order valence-corrected chi connectivity index (χ3v) is 12.9. The monoisotopic (exact) mass is 940 g/mol. The van der Waals surface area contributed by atoms with Crippen LogP contribution in [-0.2, 0) is 26.5 Å². The molecule has 1 aliphatic heterocycles. The van der Waals surface area contributed by atoms with E-state index >= 15 is 0 Å². The Morgan fingerprint density at radius 2 is 1.47 bits per heavy atom. The van der Waals surface area contributed by atoms with Gasteiger partial charge in [0.25, 0.3) is 0 Å². The Bertz CT molecular complexity index is 2990. The average molecular weight is 941 g/mol. The second-order valence-corrected chi connectivity index (χ2v) is 21.7. The largest absolute Gasteiger partial charge is 0.509 e. The van der Waals surface area contributed by atoms with Gasteiger partial charge in [-0.25, -0.2) is 4.98 Å². The maximum atomic E-state index is 6.68. The molecule has 0 unspecified atom stereocenters. The van der Waals surface area contributed by atoms with E-state index in [4.69, 9.17) is 14.1 Å². The van der Waals surface area contributed by atoms with Gasteiger partial charge in [-0.2, -0.15) is 12.1 Å². The maximum absolute atomic E-state index is 6.68. The fourth-order valence-corrected chi connectivity index (χ4v) is 9.00. The fourth-order valence-electron chi connectivity index (χ4n) is 7.87. The number of ether oxygens (including phenoxy) is 1. The normalized spacial score (nSPS) is 13.2. The van der Waals surface area contributed by atoms with E-state index in [0.717, 1.165) is 72.3 Å². The van der Waals surface area contributed by atoms with Crippen LogP contribution >= 0.6 is 0 Å². The summed E-state index contributed by atoms with van der Waals surface area (Å²) in [6.45, 7) is 16.0. The van der Waals surface area contributed by atoms with Crippen molar-refractivity contribution in [2.24, 2.45) is 0 Å². The van der Waals surface area contributed by atoms with Crippen molar-refractivity contribution in [2.75, 3.05) is 9.80 Å². The molecule has 0 amide bonds. The Morgan fingerprint density at radius 3 is 2.28 bits per heavy atom. The number of pyridine rings is 1. The molecule has 0 aliphatic carbocycles. The number of furan rings is 1. The summed E-state index contributed by atoms with van der Waals surface area (Å²) in [6.07, 6.45) is 1.93. The van der Waals surface area contributed by atoms with Crippen molar-refractivity contribution in [1.29, 1.82) is 0 Å². The molecule has 0 radical (unpaired) electrons. The van der Waals surface area contributed by atoms with Crippen molar-refractivity contribution >= 4 is 79.8 Å². The minimum atomic E-state index is -1.65. The Kier molecular flexibility index (Phi) is 8.95. The smallest absolute Gasteiger partial charge is 0.136 e. The molecule has 4 heterocycles. The molecule has 0 saturated heterocycles. The predicted molar refractivity (Wildman–Crippen MR) is 233 cm³/mol. The first-order chi connectivity index (χ1) is 27.0. The van der Waals surface area contributed by atoms with Gasteiger partial charge in [-0.05, 0) is 64.2 Å². The summed E-state index contributed by atoms with van der Waals surface area (Å²) in [7, 11) is -1.65. The van der Waals surface area contributed by atoms with Gasteiger partial charge in [0.15, 0.2) is 0 Å². The molecule has 3 aromatic heterocycles. The first-order valence-corrected chi connectivity index (χ1v) is 22.6. The zero-order valence-electron chi connectivity index (χ0n) is 32.7. The second-order valence-electron chi connectivity index (χ2n) is 16.7. The minimum absolute atomic E-state index is 0. The summed E-state index contributed by atoms with van der Waals surface area (Å²) >= 11 is 0. The molecule has 1 aliphatic rings. The molecule has 286 valence electrons. The summed E-state index contributed by atoms with van der Waals surface area (Å²) < 4.78 is 15.5. The molecule has 0 atom stereocenters. The molecular weight excluding hydrogens is 900 g/mol. The van der Waals surface area contributed by atoms with E-state index in [-0.39, 0.29) is 26.5 Å². The Labute approximate surface area is 348 Å². The van der Waals surface area contributed by atoms with E-state index in [1.807, 2.05) is 24.4 Å². The van der Waals surface area contributed by atoms with Crippen molar-refractivity contribution < 1.29 is 30.2 Å². The van der Waals surface area contributed by atoms with E-state index < -0.39 is 8.07 Å². The Morgan fingerprint density at radius 1 is 0.719 bits per heavy atom. The van der Waals surface area contributed by atoms with Crippen LogP contribution < -0.4 is 19.7 Å². The van der Waals surface area contributed by atoms with Crippen molar-refractivity contribution in [3.8, 4) is 17.3 Å². The molecule has 0 bridgehead atoms. The zero-order chi connectivity index (χ0) is 38.3. The minimum Gasteiger partial charge on any atom is -0.509 e. The molecular formula is C49H41N4O2PtSi-3. The number of benzene rings is 6. The second kappa shape index (κ2) is 13.8. The van der Waals surface area contributed by atoms with Crippen LogP contribution in [0.4, 0.5) is 22.7 Å². The Hall–Kier alpha value is -5.62. The molecule has 0 N–H and O–H groups in total. The van der Waals surface area contributed by atoms with Crippen LogP contribution in [-0.4, -0.2) is 17.6 Å². The van der Waals surface area contributed by atoms with E-state index in [2.05, 4.69) is 183 Å². The number of nitrogens with zero attached hydrogens (tertiary/aromatic N) is 4. The standard InChI is InChI=1S/C49H41N4O2Si.Pt/c1-49(2,3)33-14-11-15-34(27-33)51-31-52(42-20-10-9-19-41(42)51)35-16-12-17-36(28-35)54-37-22-23-40-43(29-37)53(45-30-38(25-26-50-45)56(4,5)6)47-46-39-18-8-7-13-32(39)21-24-44(46)55-48(40)47;/h7-27,30-31H,1-6H3;/q-3;. The van der Waals surface area contributed by atoms with E-state index in [0.29, 0.717) is 11.5 Å². The van der Waals surface area contributed by atoms with Gasteiger partial charge in [-0.3, -0.25) is 0 Å². The fraction of sp³-hybridized carbons (Fsp3) is 0.143. The maximum Gasteiger partial charge on any atom is 0.136 e. The molecule has 57 heavy (non-hydrogen) atoms. The van der Waals surface area contributed by atoms with Crippen LogP contribution in [0.25, 0.3) is 49.6 Å². The number of aromatic nitrogens is 2. The third kappa shape index (κ3) is 6.34. The summed E-state index contributed by atoms with van der Waals surface area (Å²) in [5.41, 5.74) is 8.97. The molecule has 0 spiro atoms. The summed E-state index contributed by atoms with van der Waals surface area (Å²) in [6, 6.07) is 51.6. The van der Waals surface area contributed by atoms with Gasteiger partial charge < -0.3 is 23.5 Å². The number of hydrogen-bond acceptors (Lipinski definition) is 5. The van der Waals surface area contributed by atoms with Crippen LogP contribution in [0.15, 0.2) is 138 Å². The molecule has 6 aromatic carbocycles. The first-order valence-electron chi connectivity index (χ1n) is 19.1. The quantitative estimate of drug-likeness (QED) is 0.123. The van der Waals surface area contributed by atoms with Gasteiger partial charge in [0.1, 0.15) is 17.0 Å². The molecule has 6 nitrogen and oxygen atoms in total. The van der Waals surface area contributed by atoms with E-state index in [1.54, 1.807) is 0 Å². The van der Waals surface area contributed by atoms with Gasteiger partial charge in [-0.1, -0.05) is 111 Å². The summed E-state index contributed by atoms with van der Waals surface area (Å²) in [5, 5.41) is 5.64. The summed E-state index contributed by atoms with van der Waals surface area (Å²) in [4.78, 5) is 9.38. The number of fused-ring (bicyclic) bond motifs is 8. The number of para-hydroxylation sites is 2. The van der Waals surface area contributed by atoms with Gasteiger partial charge >= 0.3 is 0 Å². The topological polar surface area (TPSA) is 46.7 Å². The molecule has 0 fully saturated rings. The predicted octanol–water partition coefficient (Wildman–Crippen LogP) is 12.7. The molecule has 8 heteroatoms. The van der Waals surface area contributed by atoms with Crippen LogP contribution in [0.1, 0.15) is 26.3 Å². The Balaban J connectivity index is 0.00000422. The van der Waals surface area contributed by atoms with Crippen molar-refractivity contribution in [1.82, 2.24) is 9.55 Å². The van der Waals surface area contributed by atoms with E-state index in [1.165, 1.54) is 10.8 Å². The number of anilines is 4. The molecule has 10 rings (SSSR count). The van der Waals surface area contributed by atoms with Crippen molar-refractivity contribution in [2.45, 2.75) is 45.8 Å². The van der Waals surface area contributed by atoms with Gasteiger partial charge in [0.05, 0.1) is 19.0 Å². The number of hydrogen-bond donors (Lipinski definition) is 0. The molecule has 0 saturated carbocycles. The van der Waals surface area contributed by atoms with Crippen LogP contribution in [0.5, 0.6) is 11.5 Å². The van der Waals surface area contributed by atoms with Crippen LogP contribution in [0.2, 0.25) is 19.6 Å². The van der Waals surface area contributed by atoms with Crippen molar-refractivity contribution in [3.05, 3.63) is 158 Å². The van der Waals surface area contributed by atoms with Crippen molar-refractivity contribution in [3.63, 3.8) is 0 Å². The van der Waals surface area contributed by atoms with E-state index in [9.17, 15) is 0 Å². The van der Waals surface area contributed by atoms with Gasteiger partial charge in [0, 0.05) is 55.8 Å². The third-order valence-electron chi connectivity index (χ3n) is 10.8. The summed E-state index contributed by atoms with van der Waals surface area (Å²) in [5.74, 6) is 2.01. The average Bonchev–Trinajstić information content (AvgIpc) is 3.87. The zero-order valence-corrected chi connectivity index (χ0v) is 36.0. The first kappa shape index (κ1) is 37.0. The SMILES string of the molecule is CC(C)(C)c1cccc(N2[CH-]N(c3[c-]c(Oc4[c-]c5c(cc4)c4oc6ccc7ccccc7c6c4n5-c4cc([Si](C)(C)C)ccn4)ccc3)c3ccccc32)c1.[Pt]. The number of rotatable bonds is 6. The van der Waals surface area contributed by atoms with Gasteiger partial charge in [0.2, 0.25) is 0 Å².